The molecular weight excluding hydrogens is 404 g/mol. The summed E-state index contributed by atoms with van der Waals surface area (Å²) in [7, 11) is 0. The second-order valence-corrected chi connectivity index (χ2v) is 8.99. The van der Waals surface area contributed by atoms with Gasteiger partial charge in [-0.2, -0.15) is 0 Å². The number of hydrogen-bond donors (Lipinski definition) is 2. The number of aryl methyl sites for hydroxylation is 1. The average Bonchev–Trinajstić information content (AvgIpc) is 3.16. The molecule has 3 rings (SSSR count). The number of anilines is 1. The summed E-state index contributed by atoms with van der Waals surface area (Å²) in [5.41, 5.74) is 2.85. The van der Waals surface area contributed by atoms with Gasteiger partial charge < -0.3 is 14.5 Å². The molecule has 1 amide bonds. The van der Waals surface area contributed by atoms with E-state index < -0.39 is 5.97 Å². The second kappa shape index (κ2) is 9.28. The molecule has 3 heterocycles. The maximum Gasteiger partial charge on any atom is 0.340 e. The van der Waals surface area contributed by atoms with Crippen LogP contribution in [0, 0.1) is 13.8 Å². The number of aromatic amines is 1. The average molecular weight is 435 g/mol. The maximum absolute atomic E-state index is 12.8. The number of rotatable bonds is 6. The van der Waals surface area contributed by atoms with E-state index in [1.54, 1.807) is 27.7 Å². The van der Waals surface area contributed by atoms with E-state index in [1.807, 2.05) is 5.38 Å². The van der Waals surface area contributed by atoms with Crippen molar-refractivity contribution < 1.29 is 19.1 Å². The van der Waals surface area contributed by atoms with Gasteiger partial charge in [-0.1, -0.05) is 0 Å². The van der Waals surface area contributed by atoms with Crippen LogP contribution in [0.4, 0.5) is 5.13 Å². The van der Waals surface area contributed by atoms with Crippen LogP contribution >= 0.6 is 11.3 Å². The highest BCUT2D eigenvalue weighted by atomic mass is 32.1. The summed E-state index contributed by atoms with van der Waals surface area (Å²) in [4.78, 5) is 35.0. The molecule has 2 atom stereocenters. The highest BCUT2D eigenvalue weighted by molar-refractivity contribution is 7.14. The molecule has 2 N–H and O–H groups in total. The summed E-state index contributed by atoms with van der Waals surface area (Å²) >= 11 is 1.39. The van der Waals surface area contributed by atoms with Gasteiger partial charge in [0, 0.05) is 30.7 Å². The van der Waals surface area contributed by atoms with Crippen LogP contribution in [0.3, 0.4) is 0 Å². The highest BCUT2D eigenvalue weighted by Crippen LogP contribution is 2.23. The molecular formula is C21H30N4O4S. The Morgan fingerprint density at radius 2 is 2.00 bits per heavy atom. The minimum Gasteiger partial charge on any atom is -0.459 e. The summed E-state index contributed by atoms with van der Waals surface area (Å²) in [6, 6.07) is 0. The minimum atomic E-state index is -0.430. The van der Waals surface area contributed by atoms with Gasteiger partial charge in [0.05, 0.1) is 29.6 Å². The summed E-state index contributed by atoms with van der Waals surface area (Å²) < 4.78 is 11.1. The van der Waals surface area contributed by atoms with Crippen molar-refractivity contribution in [2.75, 3.05) is 18.4 Å². The fourth-order valence-corrected chi connectivity index (χ4v) is 4.49. The molecule has 0 spiro atoms. The van der Waals surface area contributed by atoms with E-state index in [1.165, 1.54) is 11.3 Å². The number of H-pyrrole nitrogens is 1. The van der Waals surface area contributed by atoms with E-state index in [0.29, 0.717) is 27.6 Å². The Bertz CT molecular complexity index is 910. The number of carbonyl (C=O) groups is 2. The van der Waals surface area contributed by atoms with Crippen molar-refractivity contribution in [1.82, 2.24) is 14.9 Å². The molecule has 0 aromatic carbocycles. The molecule has 0 aliphatic carbocycles. The van der Waals surface area contributed by atoms with Gasteiger partial charge in [0.2, 0.25) is 0 Å². The van der Waals surface area contributed by atoms with Crippen molar-refractivity contribution in [3.63, 3.8) is 0 Å². The van der Waals surface area contributed by atoms with Crippen LogP contribution in [0.1, 0.15) is 65.5 Å². The quantitative estimate of drug-likeness (QED) is 0.676. The molecule has 0 saturated carbocycles. The van der Waals surface area contributed by atoms with E-state index >= 15 is 0 Å². The Morgan fingerprint density at radius 3 is 2.63 bits per heavy atom. The number of nitrogens with one attached hydrogen (secondary N) is 2. The first-order valence-corrected chi connectivity index (χ1v) is 11.1. The third-order valence-corrected chi connectivity index (χ3v) is 5.67. The lowest BCUT2D eigenvalue weighted by Crippen LogP contribution is -2.44. The van der Waals surface area contributed by atoms with E-state index in [9.17, 15) is 9.59 Å². The van der Waals surface area contributed by atoms with Gasteiger partial charge >= 0.3 is 5.97 Å². The lowest BCUT2D eigenvalue weighted by Gasteiger charge is -2.34. The predicted molar refractivity (Wildman–Crippen MR) is 116 cm³/mol. The van der Waals surface area contributed by atoms with Gasteiger partial charge in [0.1, 0.15) is 5.69 Å². The summed E-state index contributed by atoms with van der Waals surface area (Å²) in [6.07, 6.45) is 0.166. The largest absolute Gasteiger partial charge is 0.459 e. The molecule has 9 heteroatoms. The molecule has 1 saturated heterocycles. The Hall–Kier alpha value is -2.23. The van der Waals surface area contributed by atoms with Crippen LogP contribution in [-0.2, 0) is 16.0 Å². The fraction of sp³-hybridized carbons (Fsp3) is 0.571. The molecule has 2 aromatic heterocycles. The van der Waals surface area contributed by atoms with Gasteiger partial charge in [0.15, 0.2) is 5.13 Å². The Kier molecular flexibility index (Phi) is 6.95. The van der Waals surface area contributed by atoms with Crippen LogP contribution in [0.5, 0.6) is 0 Å². The number of aromatic nitrogens is 2. The number of thiazole rings is 1. The number of ether oxygens (including phenoxy) is 2. The molecule has 1 aliphatic heterocycles. The van der Waals surface area contributed by atoms with Crippen molar-refractivity contribution in [1.29, 1.82) is 0 Å². The summed E-state index contributed by atoms with van der Waals surface area (Å²) in [6.45, 7) is 13.7. The Morgan fingerprint density at radius 1 is 1.33 bits per heavy atom. The van der Waals surface area contributed by atoms with Gasteiger partial charge in [-0.3, -0.25) is 15.0 Å². The zero-order valence-electron chi connectivity index (χ0n) is 18.4. The minimum absolute atomic E-state index is 0.197. The summed E-state index contributed by atoms with van der Waals surface area (Å²) in [5.74, 6) is -0.755. The van der Waals surface area contributed by atoms with E-state index in [-0.39, 0.29) is 24.2 Å². The SMILES string of the molecule is Cc1[nH]c(C(=O)Nc2nc(CN3C[C@H](C)O[C@@H](C)C3)cs2)c(C)c1C(=O)OC(C)C. The third kappa shape index (κ3) is 5.27. The van der Waals surface area contributed by atoms with Crippen LogP contribution in [0.15, 0.2) is 5.38 Å². The smallest absolute Gasteiger partial charge is 0.340 e. The monoisotopic (exact) mass is 434 g/mol. The molecule has 0 unspecified atom stereocenters. The first-order chi connectivity index (χ1) is 14.1. The van der Waals surface area contributed by atoms with Crippen molar-refractivity contribution in [3.05, 3.63) is 33.6 Å². The molecule has 8 nitrogen and oxygen atoms in total. The zero-order valence-corrected chi connectivity index (χ0v) is 19.2. The topological polar surface area (TPSA) is 96.5 Å². The summed E-state index contributed by atoms with van der Waals surface area (Å²) in [5, 5.41) is 5.32. The van der Waals surface area contributed by atoms with Gasteiger partial charge in [-0.15, -0.1) is 11.3 Å². The van der Waals surface area contributed by atoms with Crippen LogP contribution in [-0.4, -0.2) is 58.1 Å². The number of amides is 1. The number of morpholine rings is 1. The van der Waals surface area contributed by atoms with Crippen LogP contribution in [0.2, 0.25) is 0 Å². The van der Waals surface area contributed by atoms with Crippen LogP contribution in [0.25, 0.3) is 0 Å². The van der Waals surface area contributed by atoms with Crippen molar-refractivity contribution in [2.24, 2.45) is 0 Å². The molecule has 1 aliphatic rings. The van der Waals surface area contributed by atoms with Crippen molar-refractivity contribution in [3.8, 4) is 0 Å². The van der Waals surface area contributed by atoms with Gasteiger partial charge in [0.25, 0.3) is 5.91 Å². The number of esters is 1. The van der Waals surface area contributed by atoms with Crippen molar-refractivity contribution in [2.45, 2.75) is 66.4 Å². The molecule has 164 valence electrons. The van der Waals surface area contributed by atoms with Crippen molar-refractivity contribution >= 4 is 28.3 Å². The number of hydrogen-bond acceptors (Lipinski definition) is 7. The van der Waals surface area contributed by atoms with Gasteiger partial charge in [-0.05, 0) is 47.1 Å². The Labute approximate surface area is 181 Å². The normalized spacial score (nSPS) is 19.8. The Balaban J connectivity index is 1.66. The fourth-order valence-electron chi connectivity index (χ4n) is 3.80. The lowest BCUT2D eigenvalue weighted by atomic mass is 10.1. The lowest BCUT2D eigenvalue weighted by molar-refractivity contribution is -0.0707. The molecule has 30 heavy (non-hydrogen) atoms. The van der Waals surface area contributed by atoms with Gasteiger partial charge in [-0.25, -0.2) is 9.78 Å². The van der Waals surface area contributed by atoms with E-state index in [0.717, 1.165) is 25.3 Å². The second-order valence-electron chi connectivity index (χ2n) is 8.13. The molecule has 0 bridgehead atoms. The molecule has 0 radical (unpaired) electrons. The van der Waals surface area contributed by atoms with Crippen LogP contribution < -0.4 is 5.32 Å². The maximum atomic E-state index is 12.8. The van der Waals surface area contributed by atoms with E-state index in [4.69, 9.17) is 9.47 Å². The molecule has 1 fully saturated rings. The molecule has 2 aromatic rings. The third-order valence-electron chi connectivity index (χ3n) is 4.86. The first kappa shape index (κ1) is 22.5. The van der Waals surface area contributed by atoms with E-state index in [2.05, 4.69) is 34.0 Å². The predicted octanol–water partition coefficient (Wildman–Crippen LogP) is 3.51. The first-order valence-electron chi connectivity index (χ1n) is 10.2. The highest BCUT2D eigenvalue weighted by Gasteiger charge is 2.25. The standard InChI is InChI=1S/C21H30N4O4S/c1-11(2)28-20(27)17-14(5)18(22-15(17)6)19(26)24-21-23-16(10-30-21)9-25-7-12(3)29-13(4)8-25/h10-13,22H,7-9H2,1-6H3,(H,23,24,26)/t12-,13-/m0/s1. The zero-order chi connectivity index (χ0) is 22.0. The number of carbonyl (C=O) groups excluding carboxylic acids is 2. The number of nitrogens with zero attached hydrogens (tertiary/aromatic N) is 2.